The largest absolute Gasteiger partial charge is 0.508 e. The summed E-state index contributed by atoms with van der Waals surface area (Å²) >= 11 is 0. The van der Waals surface area contributed by atoms with Crippen molar-refractivity contribution in [2.45, 2.75) is 30.7 Å². The molecule has 1 fully saturated rings. The minimum Gasteiger partial charge on any atom is -0.508 e. The van der Waals surface area contributed by atoms with Crippen LogP contribution in [0.4, 0.5) is 0 Å². The molecule has 1 aliphatic rings. The van der Waals surface area contributed by atoms with E-state index < -0.39 is 60.0 Å². The summed E-state index contributed by atoms with van der Waals surface area (Å²) in [6, 6.07) is 12.0. The van der Waals surface area contributed by atoms with Crippen LogP contribution in [0.2, 0.25) is 0 Å². The molecule has 0 radical (unpaired) electrons. The number of benzene rings is 3. The molecule has 5 atom stereocenters. The highest BCUT2D eigenvalue weighted by molar-refractivity contribution is 6.10. The number of phenols is 4. The minimum atomic E-state index is -1.82. The van der Waals surface area contributed by atoms with Gasteiger partial charge in [-0.05, 0) is 42.5 Å². The van der Waals surface area contributed by atoms with Crippen molar-refractivity contribution in [3.63, 3.8) is 0 Å². The van der Waals surface area contributed by atoms with E-state index in [9.17, 15) is 45.6 Å². The number of hydrogen-bond donors (Lipinski definition) is 8. The molecule has 0 bridgehead atoms. The molecule has 3 heterocycles. The van der Waals surface area contributed by atoms with Gasteiger partial charge in [0.1, 0.15) is 47.1 Å². The van der Waals surface area contributed by atoms with Crippen molar-refractivity contribution in [3.05, 3.63) is 64.8 Å². The van der Waals surface area contributed by atoms with Crippen molar-refractivity contribution < 1.29 is 59.2 Å². The van der Waals surface area contributed by atoms with E-state index in [1.54, 1.807) is 12.1 Å². The van der Waals surface area contributed by atoms with Gasteiger partial charge in [0, 0.05) is 28.6 Å². The molecule has 3 aromatic carbocycles. The van der Waals surface area contributed by atoms with Gasteiger partial charge in [0.05, 0.1) is 12.0 Å². The van der Waals surface area contributed by atoms with Crippen molar-refractivity contribution in [2.75, 3.05) is 6.61 Å². The lowest BCUT2D eigenvalue weighted by atomic mass is 9.99. The van der Waals surface area contributed by atoms with Crippen LogP contribution in [0.5, 0.6) is 28.7 Å². The molecule has 1 unspecified atom stereocenters. The Balaban J connectivity index is 1.66. The van der Waals surface area contributed by atoms with Crippen molar-refractivity contribution in [1.29, 1.82) is 0 Å². The summed E-state index contributed by atoms with van der Waals surface area (Å²) in [5, 5.41) is 81.6. The van der Waals surface area contributed by atoms with Crippen LogP contribution in [-0.2, 0) is 4.74 Å². The van der Waals surface area contributed by atoms with E-state index in [1.165, 1.54) is 30.3 Å². The first-order valence-electron chi connectivity index (χ1n) is 12.6. The predicted octanol–water partition coefficient (Wildman–Crippen LogP) is 1.87. The van der Waals surface area contributed by atoms with Gasteiger partial charge in [-0.1, -0.05) is 0 Å². The molecule has 8 N–H and O–H groups in total. The Morgan fingerprint density at radius 2 is 1.40 bits per heavy atom. The van der Waals surface area contributed by atoms with Crippen molar-refractivity contribution >= 4 is 21.9 Å². The third-order valence-electron chi connectivity index (χ3n) is 7.03. The van der Waals surface area contributed by atoms with Gasteiger partial charge in [0.25, 0.3) is 0 Å². The molecule has 2 aromatic heterocycles. The quantitative estimate of drug-likeness (QED) is 0.139. The summed E-state index contributed by atoms with van der Waals surface area (Å²) in [6.45, 7) is -0.721. The Kier molecular flexibility index (Phi) is 6.68. The molecule has 1 aliphatic heterocycles. The van der Waals surface area contributed by atoms with Gasteiger partial charge in [-0.15, -0.1) is 0 Å². The number of aliphatic hydroxyl groups is 4. The molecule has 5 aromatic rings. The molecule has 6 rings (SSSR count). The summed E-state index contributed by atoms with van der Waals surface area (Å²) in [5.41, 5.74) is 0.0534. The Bertz CT molecular complexity index is 1830. The monoisotopic (exact) mass is 580 g/mol. The number of aliphatic hydroxyl groups excluding tert-OH is 4. The first-order valence-corrected chi connectivity index (χ1v) is 12.6. The Hall–Kier alpha value is -4.79. The summed E-state index contributed by atoms with van der Waals surface area (Å²) in [7, 11) is 0. The van der Waals surface area contributed by atoms with Crippen LogP contribution < -0.4 is 10.2 Å². The number of rotatable bonds is 5. The van der Waals surface area contributed by atoms with Gasteiger partial charge >= 0.3 is 0 Å². The first kappa shape index (κ1) is 27.4. The molecule has 0 amide bonds. The Labute approximate surface area is 234 Å². The molecule has 218 valence electrons. The topological polar surface area (TPSA) is 224 Å². The average molecular weight is 580 g/mol. The van der Waals surface area contributed by atoms with Gasteiger partial charge < -0.3 is 59.2 Å². The summed E-state index contributed by atoms with van der Waals surface area (Å²) < 4.78 is 23.7. The highest BCUT2D eigenvalue weighted by atomic mass is 16.7. The van der Waals surface area contributed by atoms with Gasteiger partial charge in [-0.3, -0.25) is 4.79 Å². The number of ether oxygens (including phenoxy) is 2. The molecule has 0 spiro atoms. The van der Waals surface area contributed by atoms with E-state index in [2.05, 4.69) is 0 Å². The standard InChI is InChI=1S/C29H24O13/c30-10-21-24(36)25(37)26(38)29(41-21)42-28-15-9-18(11-1-3-13(31)4-2-11)39-19-7-14(32)8-20(22(15)19)40-27(28)12-5-16(33)23(35)17(34)6-12/h1-9,21,24-26,29-31,33-38H,10H2/t21-,24-,25+,26-,29?/m1/s1. The highest BCUT2D eigenvalue weighted by Crippen LogP contribution is 2.47. The molecular weight excluding hydrogens is 556 g/mol. The second-order valence-electron chi connectivity index (χ2n) is 9.80. The lowest BCUT2D eigenvalue weighted by Gasteiger charge is -2.39. The molecular formula is C29H24O13. The van der Waals surface area contributed by atoms with E-state index in [4.69, 9.17) is 18.3 Å². The lowest BCUT2D eigenvalue weighted by molar-refractivity contribution is -0.277. The average Bonchev–Trinajstić information content (AvgIpc) is 2.96. The molecule has 13 nitrogen and oxygen atoms in total. The maximum absolute atomic E-state index is 12.6. The summed E-state index contributed by atoms with van der Waals surface area (Å²) in [6.07, 6.45) is -8.24. The SMILES string of the molecule is O=c1cc2oc(-c3ccc(O)cc3)cc3c(OC4O[C@H](CO)[C@@H](O)[C@H](O)[C@H]4O)c(-c4cc(O)c(O)c(O)c4)oc(c1)c23. The van der Waals surface area contributed by atoms with Crippen LogP contribution in [0, 0.1) is 0 Å². The van der Waals surface area contributed by atoms with Gasteiger partial charge in [0.2, 0.25) is 6.29 Å². The molecule has 0 saturated carbocycles. The second kappa shape index (κ2) is 10.2. The van der Waals surface area contributed by atoms with E-state index in [1.807, 2.05) is 0 Å². The molecule has 13 heteroatoms. The van der Waals surface area contributed by atoms with Crippen molar-refractivity contribution in [2.24, 2.45) is 0 Å². The van der Waals surface area contributed by atoms with Crippen LogP contribution in [-0.4, -0.2) is 78.2 Å². The van der Waals surface area contributed by atoms with E-state index >= 15 is 0 Å². The summed E-state index contributed by atoms with van der Waals surface area (Å²) in [5.74, 6) is -2.41. The second-order valence-corrected chi connectivity index (χ2v) is 9.80. The van der Waals surface area contributed by atoms with Crippen LogP contribution in [0.25, 0.3) is 44.6 Å². The van der Waals surface area contributed by atoms with Gasteiger partial charge in [-0.25, -0.2) is 0 Å². The fraction of sp³-hybridized carbons (Fsp3) is 0.207. The Morgan fingerprint density at radius 3 is 2.05 bits per heavy atom. The fourth-order valence-electron chi connectivity index (χ4n) is 4.89. The zero-order valence-corrected chi connectivity index (χ0v) is 21.4. The molecule has 42 heavy (non-hydrogen) atoms. The van der Waals surface area contributed by atoms with E-state index in [0.717, 1.165) is 12.1 Å². The zero-order chi connectivity index (χ0) is 29.9. The molecule has 0 aliphatic carbocycles. The third-order valence-corrected chi connectivity index (χ3v) is 7.03. The first-order chi connectivity index (χ1) is 20.0. The van der Waals surface area contributed by atoms with Crippen molar-refractivity contribution in [1.82, 2.24) is 0 Å². The van der Waals surface area contributed by atoms with E-state index in [-0.39, 0.29) is 50.5 Å². The van der Waals surface area contributed by atoms with Crippen molar-refractivity contribution in [3.8, 4) is 51.4 Å². The molecule has 1 saturated heterocycles. The zero-order valence-electron chi connectivity index (χ0n) is 21.4. The van der Waals surface area contributed by atoms with Crippen LogP contribution >= 0.6 is 0 Å². The fourth-order valence-corrected chi connectivity index (χ4v) is 4.89. The maximum Gasteiger partial charge on any atom is 0.229 e. The smallest absolute Gasteiger partial charge is 0.229 e. The van der Waals surface area contributed by atoms with Gasteiger partial charge in [0.15, 0.2) is 34.2 Å². The highest BCUT2D eigenvalue weighted by Gasteiger charge is 2.45. The maximum atomic E-state index is 12.6. The normalized spacial score (nSPS) is 22.5. The summed E-state index contributed by atoms with van der Waals surface area (Å²) in [4.78, 5) is 12.6. The van der Waals surface area contributed by atoms with Crippen LogP contribution in [0.15, 0.2) is 68.2 Å². The van der Waals surface area contributed by atoms with Crippen LogP contribution in [0.1, 0.15) is 0 Å². The third kappa shape index (κ3) is 4.55. The minimum absolute atomic E-state index is 0.000762. The van der Waals surface area contributed by atoms with Gasteiger partial charge in [-0.2, -0.15) is 0 Å². The number of hydrogen-bond acceptors (Lipinski definition) is 13. The number of aromatic hydroxyl groups is 4. The van der Waals surface area contributed by atoms with Crippen LogP contribution in [0.3, 0.4) is 0 Å². The Morgan fingerprint density at radius 1 is 0.762 bits per heavy atom. The number of phenolic OH excluding ortho intramolecular Hbond substituents is 4. The predicted molar refractivity (Wildman–Crippen MR) is 144 cm³/mol. The van der Waals surface area contributed by atoms with E-state index in [0.29, 0.717) is 5.56 Å². The lowest BCUT2D eigenvalue weighted by Crippen LogP contribution is -2.60.